The van der Waals surface area contributed by atoms with Crippen molar-refractivity contribution in [1.82, 2.24) is 0 Å². The highest BCUT2D eigenvalue weighted by atomic mass is 19.3. The van der Waals surface area contributed by atoms with Crippen molar-refractivity contribution < 1.29 is 28.2 Å². The van der Waals surface area contributed by atoms with E-state index in [4.69, 9.17) is 9.84 Å². The van der Waals surface area contributed by atoms with Crippen LogP contribution in [0.3, 0.4) is 0 Å². The number of unbranched alkanes of at least 4 members (excludes halogenated alkanes) is 10. The molecule has 0 aliphatic carbocycles. The highest BCUT2D eigenvalue weighted by Gasteiger charge is 2.51. The van der Waals surface area contributed by atoms with Crippen LogP contribution in [0.4, 0.5) is 8.78 Å². The van der Waals surface area contributed by atoms with Gasteiger partial charge in [0.1, 0.15) is 0 Å². The van der Waals surface area contributed by atoms with E-state index in [9.17, 15) is 18.4 Å². The fraction of sp³-hybridized carbons (Fsp3) is 0.900. The van der Waals surface area contributed by atoms with Gasteiger partial charge in [-0.25, -0.2) is 4.79 Å². The van der Waals surface area contributed by atoms with E-state index in [-0.39, 0.29) is 6.42 Å². The molecule has 0 aromatic heterocycles. The van der Waals surface area contributed by atoms with Crippen LogP contribution < -0.4 is 0 Å². The van der Waals surface area contributed by atoms with Crippen molar-refractivity contribution in [2.45, 2.75) is 110 Å². The van der Waals surface area contributed by atoms with Crippen LogP contribution in [-0.4, -0.2) is 29.1 Å². The first-order valence-corrected chi connectivity index (χ1v) is 10.0. The Kier molecular flexibility index (Phi) is 13.3. The van der Waals surface area contributed by atoms with Gasteiger partial charge in [0, 0.05) is 6.42 Å². The van der Waals surface area contributed by atoms with E-state index in [1.54, 1.807) is 0 Å². The van der Waals surface area contributed by atoms with E-state index in [0.29, 0.717) is 6.42 Å². The molecule has 1 N–H and O–H groups in total. The van der Waals surface area contributed by atoms with E-state index in [2.05, 4.69) is 6.92 Å². The molecule has 0 spiro atoms. The summed E-state index contributed by atoms with van der Waals surface area (Å²) in [4.78, 5) is 22.4. The Balaban J connectivity index is 3.83. The van der Waals surface area contributed by atoms with Crippen LogP contribution in [0.5, 0.6) is 0 Å². The Hall–Kier alpha value is -1.20. The summed E-state index contributed by atoms with van der Waals surface area (Å²) in [7, 11) is 0. The van der Waals surface area contributed by atoms with Crippen LogP contribution in [0.25, 0.3) is 0 Å². The first-order chi connectivity index (χ1) is 12.2. The summed E-state index contributed by atoms with van der Waals surface area (Å²) < 4.78 is 32.0. The lowest BCUT2D eigenvalue weighted by molar-refractivity contribution is -0.199. The highest BCUT2D eigenvalue weighted by molar-refractivity contribution is 5.77. The predicted octanol–water partition coefficient (Wildman–Crippen LogP) is 5.98. The molecule has 6 heteroatoms. The van der Waals surface area contributed by atoms with Crippen molar-refractivity contribution in [3.05, 3.63) is 0 Å². The zero-order valence-corrected chi connectivity index (χ0v) is 16.6. The van der Waals surface area contributed by atoms with Gasteiger partial charge in [0.25, 0.3) is 0 Å². The summed E-state index contributed by atoms with van der Waals surface area (Å²) in [5.74, 6) is -7.86. The third-order valence-corrected chi connectivity index (χ3v) is 4.49. The summed E-state index contributed by atoms with van der Waals surface area (Å²) in [5, 5.41) is 8.61. The monoisotopic (exact) mass is 378 g/mol. The molecule has 26 heavy (non-hydrogen) atoms. The Morgan fingerprint density at radius 1 is 0.885 bits per heavy atom. The van der Waals surface area contributed by atoms with Gasteiger partial charge in [-0.15, -0.1) is 0 Å². The number of carboxylic acid groups (broad SMARTS) is 1. The van der Waals surface area contributed by atoms with Crippen LogP contribution in [0.1, 0.15) is 97.8 Å². The fourth-order valence-corrected chi connectivity index (χ4v) is 2.88. The molecule has 0 saturated carbocycles. The van der Waals surface area contributed by atoms with Crippen molar-refractivity contribution in [1.29, 1.82) is 0 Å². The Bertz CT molecular complexity index is 397. The molecular weight excluding hydrogens is 342 g/mol. The molecule has 0 aromatic rings. The minimum atomic E-state index is -4.07. The zero-order valence-electron chi connectivity index (χ0n) is 16.6. The van der Waals surface area contributed by atoms with Crippen molar-refractivity contribution >= 4 is 11.9 Å². The number of alkyl halides is 2. The molecule has 0 aliphatic rings. The maximum Gasteiger partial charge on any atom is 0.378 e. The lowest BCUT2D eigenvalue weighted by atomic mass is 10.0. The van der Waals surface area contributed by atoms with Gasteiger partial charge >= 0.3 is 17.9 Å². The standard InChI is InChI=1S/C20H36F2O4/c1-4-5-6-7-8-9-10-11-12-13-14-15-17(23)26-18(16(2)3)20(21,22)19(24)25/h16,18H,4-15H2,1-3H3,(H,24,25). The molecule has 0 saturated heterocycles. The maximum atomic E-state index is 13.6. The van der Waals surface area contributed by atoms with E-state index in [0.717, 1.165) is 19.3 Å². The molecule has 0 aliphatic heterocycles. The smallest absolute Gasteiger partial charge is 0.378 e. The van der Waals surface area contributed by atoms with Gasteiger partial charge in [-0.2, -0.15) is 8.78 Å². The zero-order chi connectivity index (χ0) is 20.0. The lowest BCUT2D eigenvalue weighted by Gasteiger charge is -2.26. The maximum absolute atomic E-state index is 13.6. The number of halogens is 2. The minimum absolute atomic E-state index is 0.0515. The first kappa shape index (κ1) is 24.8. The lowest BCUT2D eigenvalue weighted by Crippen LogP contribution is -2.47. The minimum Gasteiger partial charge on any atom is -0.477 e. The molecule has 0 bridgehead atoms. The van der Waals surface area contributed by atoms with Crippen molar-refractivity contribution in [3.63, 3.8) is 0 Å². The number of aliphatic carboxylic acids is 1. The predicted molar refractivity (Wildman–Crippen MR) is 98.4 cm³/mol. The summed E-state index contributed by atoms with van der Waals surface area (Å²) in [5.41, 5.74) is 0. The number of carboxylic acids is 1. The van der Waals surface area contributed by atoms with Gasteiger partial charge in [-0.1, -0.05) is 85.0 Å². The van der Waals surface area contributed by atoms with Gasteiger partial charge in [0.2, 0.25) is 0 Å². The Labute approximate surface area is 156 Å². The van der Waals surface area contributed by atoms with E-state index in [1.165, 1.54) is 58.8 Å². The molecule has 1 unspecified atom stereocenters. The number of carbonyl (C=O) groups is 2. The van der Waals surface area contributed by atoms with Crippen LogP contribution in [0.15, 0.2) is 0 Å². The second-order valence-electron chi connectivity index (χ2n) is 7.37. The van der Waals surface area contributed by atoms with E-state index in [1.807, 2.05) is 0 Å². The second kappa shape index (κ2) is 13.9. The molecule has 4 nitrogen and oxygen atoms in total. The molecule has 0 heterocycles. The molecule has 0 rings (SSSR count). The molecule has 0 fully saturated rings. The first-order valence-electron chi connectivity index (χ1n) is 10.0. The number of ether oxygens (including phenoxy) is 1. The van der Waals surface area contributed by atoms with Gasteiger partial charge < -0.3 is 9.84 Å². The molecule has 1 atom stereocenters. The van der Waals surface area contributed by atoms with Gasteiger partial charge in [-0.05, 0) is 12.3 Å². The summed E-state index contributed by atoms with van der Waals surface area (Å²) in [6, 6.07) is 0. The van der Waals surface area contributed by atoms with Crippen molar-refractivity contribution in [3.8, 4) is 0 Å². The van der Waals surface area contributed by atoms with Crippen molar-refractivity contribution in [2.24, 2.45) is 5.92 Å². The quantitative estimate of drug-likeness (QED) is 0.265. The number of hydrogen-bond donors (Lipinski definition) is 1. The van der Waals surface area contributed by atoms with Crippen LogP contribution in [0, 0.1) is 5.92 Å². The van der Waals surface area contributed by atoms with Crippen molar-refractivity contribution in [2.75, 3.05) is 0 Å². The van der Waals surface area contributed by atoms with Crippen LogP contribution in [0.2, 0.25) is 0 Å². The number of hydrogen-bond acceptors (Lipinski definition) is 3. The number of esters is 1. The van der Waals surface area contributed by atoms with E-state index >= 15 is 0 Å². The van der Waals surface area contributed by atoms with Gasteiger partial charge in [0.15, 0.2) is 6.10 Å². The van der Waals surface area contributed by atoms with Gasteiger partial charge in [0.05, 0.1) is 0 Å². The summed E-state index contributed by atoms with van der Waals surface area (Å²) >= 11 is 0. The normalized spacial score (nSPS) is 13.0. The van der Waals surface area contributed by atoms with Crippen LogP contribution >= 0.6 is 0 Å². The summed E-state index contributed by atoms with van der Waals surface area (Å²) in [6.45, 7) is 5.03. The summed E-state index contributed by atoms with van der Waals surface area (Å²) in [6.07, 6.45) is 10.6. The van der Waals surface area contributed by atoms with Gasteiger partial charge in [-0.3, -0.25) is 4.79 Å². The molecule has 0 amide bonds. The third kappa shape index (κ3) is 10.7. The third-order valence-electron chi connectivity index (χ3n) is 4.49. The molecule has 0 radical (unpaired) electrons. The number of carbonyl (C=O) groups excluding carboxylic acids is 1. The second-order valence-corrected chi connectivity index (χ2v) is 7.37. The molecule has 0 aromatic carbocycles. The Morgan fingerprint density at radius 3 is 1.69 bits per heavy atom. The average molecular weight is 379 g/mol. The highest BCUT2D eigenvalue weighted by Crippen LogP contribution is 2.28. The SMILES string of the molecule is CCCCCCCCCCCCCC(=O)OC(C(C)C)C(F)(F)C(=O)O. The molecular formula is C20H36F2O4. The number of rotatable bonds is 16. The molecule has 154 valence electrons. The largest absolute Gasteiger partial charge is 0.477 e. The topological polar surface area (TPSA) is 63.6 Å². The fourth-order valence-electron chi connectivity index (χ4n) is 2.88. The average Bonchev–Trinajstić information content (AvgIpc) is 2.57. The Morgan fingerprint density at radius 2 is 1.31 bits per heavy atom. The van der Waals surface area contributed by atoms with Crippen LogP contribution in [-0.2, 0) is 14.3 Å². The van der Waals surface area contributed by atoms with E-state index < -0.39 is 29.9 Å².